The number of nitrogens with one attached hydrogen (secondary N) is 1. The standard InChI is InChI=1S/C11H15F2NO/c1-2-15-7-3-6-14-9-4-5-10(12)11(13)8-9/h4-5,8,14H,2-3,6-7H2,1H3. The molecule has 0 saturated carbocycles. The maximum atomic E-state index is 12.8. The SMILES string of the molecule is CCOCCCNc1ccc(F)c(F)c1. The molecule has 1 aromatic rings. The van der Waals surface area contributed by atoms with Crippen LogP contribution in [-0.4, -0.2) is 19.8 Å². The minimum Gasteiger partial charge on any atom is -0.385 e. The molecule has 0 aliphatic rings. The van der Waals surface area contributed by atoms with Crippen molar-refractivity contribution in [3.63, 3.8) is 0 Å². The van der Waals surface area contributed by atoms with Crippen LogP contribution < -0.4 is 5.32 Å². The summed E-state index contributed by atoms with van der Waals surface area (Å²) >= 11 is 0. The highest BCUT2D eigenvalue weighted by Crippen LogP contribution is 2.12. The Morgan fingerprint density at radius 1 is 1.27 bits per heavy atom. The second-order valence-corrected chi connectivity index (χ2v) is 3.11. The van der Waals surface area contributed by atoms with Gasteiger partial charge in [-0.05, 0) is 31.5 Å². The molecule has 0 atom stereocenters. The van der Waals surface area contributed by atoms with Gasteiger partial charge in [0.25, 0.3) is 0 Å². The van der Waals surface area contributed by atoms with Gasteiger partial charge in [0.2, 0.25) is 0 Å². The molecule has 1 aromatic carbocycles. The third-order valence-corrected chi connectivity index (χ3v) is 1.92. The van der Waals surface area contributed by atoms with Crippen LogP contribution in [0.4, 0.5) is 14.5 Å². The number of benzene rings is 1. The summed E-state index contributed by atoms with van der Waals surface area (Å²) < 4.78 is 30.5. The number of hydrogen-bond donors (Lipinski definition) is 1. The minimum absolute atomic E-state index is 0.588. The molecule has 0 saturated heterocycles. The Morgan fingerprint density at radius 2 is 2.07 bits per heavy atom. The van der Waals surface area contributed by atoms with Crippen molar-refractivity contribution in [2.75, 3.05) is 25.1 Å². The molecule has 0 aliphatic carbocycles. The third-order valence-electron chi connectivity index (χ3n) is 1.92. The van der Waals surface area contributed by atoms with Crippen molar-refractivity contribution in [1.82, 2.24) is 0 Å². The van der Waals surface area contributed by atoms with Gasteiger partial charge in [0.15, 0.2) is 11.6 Å². The predicted octanol–water partition coefficient (Wildman–Crippen LogP) is 2.80. The number of rotatable bonds is 6. The molecule has 0 bridgehead atoms. The van der Waals surface area contributed by atoms with Crippen molar-refractivity contribution >= 4 is 5.69 Å². The molecule has 2 nitrogen and oxygen atoms in total. The van der Waals surface area contributed by atoms with Crippen molar-refractivity contribution in [3.8, 4) is 0 Å². The zero-order chi connectivity index (χ0) is 11.1. The van der Waals surface area contributed by atoms with Gasteiger partial charge in [-0.2, -0.15) is 0 Å². The molecule has 0 fully saturated rings. The van der Waals surface area contributed by atoms with Crippen molar-refractivity contribution < 1.29 is 13.5 Å². The first-order valence-corrected chi connectivity index (χ1v) is 5.00. The van der Waals surface area contributed by atoms with Gasteiger partial charge < -0.3 is 10.1 Å². The van der Waals surface area contributed by atoms with Gasteiger partial charge in [-0.25, -0.2) is 8.78 Å². The molecule has 0 heterocycles. The summed E-state index contributed by atoms with van der Waals surface area (Å²) in [6.07, 6.45) is 0.840. The van der Waals surface area contributed by atoms with E-state index < -0.39 is 11.6 Å². The van der Waals surface area contributed by atoms with Crippen molar-refractivity contribution in [2.24, 2.45) is 0 Å². The summed E-state index contributed by atoms with van der Waals surface area (Å²) in [5, 5.41) is 2.98. The van der Waals surface area contributed by atoms with Gasteiger partial charge in [-0.1, -0.05) is 0 Å². The number of anilines is 1. The largest absolute Gasteiger partial charge is 0.385 e. The van der Waals surface area contributed by atoms with Crippen LogP contribution in [0.15, 0.2) is 18.2 Å². The molecule has 0 spiro atoms. The van der Waals surface area contributed by atoms with Crippen LogP contribution in [0, 0.1) is 11.6 Å². The Morgan fingerprint density at radius 3 is 2.73 bits per heavy atom. The Balaban J connectivity index is 2.28. The highest BCUT2D eigenvalue weighted by molar-refractivity contribution is 5.43. The zero-order valence-corrected chi connectivity index (χ0v) is 8.72. The number of halogens is 2. The highest BCUT2D eigenvalue weighted by Gasteiger charge is 2.01. The van der Waals surface area contributed by atoms with E-state index in [0.717, 1.165) is 18.6 Å². The van der Waals surface area contributed by atoms with Crippen LogP contribution in [0.25, 0.3) is 0 Å². The lowest BCUT2D eigenvalue weighted by molar-refractivity contribution is 0.147. The number of ether oxygens (including phenoxy) is 1. The van der Waals surface area contributed by atoms with E-state index in [4.69, 9.17) is 4.74 Å². The van der Waals surface area contributed by atoms with Gasteiger partial charge in [-0.3, -0.25) is 0 Å². The quantitative estimate of drug-likeness (QED) is 0.737. The smallest absolute Gasteiger partial charge is 0.160 e. The molecule has 84 valence electrons. The molecule has 0 unspecified atom stereocenters. The Kier molecular flexibility index (Phi) is 5.04. The minimum atomic E-state index is -0.829. The zero-order valence-electron chi connectivity index (χ0n) is 8.72. The summed E-state index contributed by atoms with van der Waals surface area (Å²) in [5.41, 5.74) is 0.588. The third kappa shape index (κ3) is 4.25. The molecule has 0 amide bonds. The second kappa shape index (κ2) is 6.35. The molecule has 0 aliphatic heterocycles. The summed E-state index contributed by atoms with van der Waals surface area (Å²) in [7, 11) is 0. The van der Waals surface area contributed by atoms with Crippen LogP contribution in [0.1, 0.15) is 13.3 Å². The van der Waals surface area contributed by atoms with Gasteiger partial charge in [0.1, 0.15) is 0 Å². The van der Waals surface area contributed by atoms with E-state index in [-0.39, 0.29) is 0 Å². The molecule has 4 heteroatoms. The normalized spacial score (nSPS) is 10.3. The van der Waals surface area contributed by atoms with E-state index in [1.807, 2.05) is 6.92 Å². The lowest BCUT2D eigenvalue weighted by atomic mass is 10.3. The first kappa shape index (κ1) is 11.9. The van der Waals surface area contributed by atoms with Gasteiger partial charge in [-0.15, -0.1) is 0 Å². The first-order valence-electron chi connectivity index (χ1n) is 5.00. The lowest BCUT2D eigenvalue weighted by Crippen LogP contribution is -2.06. The van der Waals surface area contributed by atoms with E-state index in [9.17, 15) is 8.78 Å². The summed E-state index contributed by atoms with van der Waals surface area (Å²) in [6.45, 7) is 3.99. The fourth-order valence-electron chi connectivity index (χ4n) is 1.16. The molecule has 1 rings (SSSR count). The van der Waals surface area contributed by atoms with E-state index in [0.29, 0.717) is 25.4 Å². The van der Waals surface area contributed by atoms with Crippen LogP contribution >= 0.6 is 0 Å². The van der Waals surface area contributed by atoms with Crippen LogP contribution in [0.5, 0.6) is 0 Å². The molecule has 15 heavy (non-hydrogen) atoms. The second-order valence-electron chi connectivity index (χ2n) is 3.11. The molecule has 0 radical (unpaired) electrons. The Hall–Kier alpha value is -1.16. The van der Waals surface area contributed by atoms with Crippen LogP contribution in [0.2, 0.25) is 0 Å². The van der Waals surface area contributed by atoms with Crippen molar-refractivity contribution in [2.45, 2.75) is 13.3 Å². The topological polar surface area (TPSA) is 21.3 Å². The average Bonchev–Trinajstić information content (AvgIpc) is 2.23. The Bertz CT molecular complexity index is 305. The molecule has 1 N–H and O–H groups in total. The fourth-order valence-corrected chi connectivity index (χ4v) is 1.16. The maximum Gasteiger partial charge on any atom is 0.160 e. The van der Waals surface area contributed by atoms with Gasteiger partial charge in [0.05, 0.1) is 0 Å². The number of hydrogen-bond acceptors (Lipinski definition) is 2. The van der Waals surface area contributed by atoms with Crippen molar-refractivity contribution in [1.29, 1.82) is 0 Å². The van der Waals surface area contributed by atoms with Crippen LogP contribution in [-0.2, 0) is 4.74 Å². The Labute approximate surface area is 88.3 Å². The monoisotopic (exact) mass is 215 g/mol. The van der Waals surface area contributed by atoms with Gasteiger partial charge >= 0.3 is 0 Å². The molecule has 0 aromatic heterocycles. The van der Waals surface area contributed by atoms with Gasteiger partial charge in [0, 0.05) is 25.4 Å². The summed E-state index contributed by atoms with van der Waals surface area (Å²) in [4.78, 5) is 0. The average molecular weight is 215 g/mol. The molecular weight excluding hydrogens is 200 g/mol. The van der Waals surface area contributed by atoms with E-state index in [2.05, 4.69) is 5.32 Å². The van der Waals surface area contributed by atoms with Crippen LogP contribution in [0.3, 0.4) is 0 Å². The highest BCUT2D eigenvalue weighted by atomic mass is 19.2. The van der Waals surface area contributed by atoms with E-state index in [1.165, 1.54) is 6.07 Å². The predicted molar refractivity (Wildman–Crippen MR) is 56.0 cm³/mol. The lowest BCUT2D eigenvalue weighted by Gasteiger charge is -2.06. The summed E-state index contributed by atoms with van der Waals surface area (Å²) in [6, 6.07) is 3.77. The van der Waals surface area contributed by atoms with Crippen molar-refractivity contribution in [3.05, 3.63) is 29.8 Å². The van der Waals surface area contributed by atoms with E-state index in [1.54, 1.807) is 0 Å². The summed E-state index contributed by atoms with van der Waals surface area (Å²) in [5.74, 6) is -1.65. The van der Waals surface area contributed by atoms with E-state index >= 15 is 0 Å². The molecular formula is C11H15F2NO. The fraction of sp³-hybridized carbons (Fsp3) is 0.455. The first-order chi connectivity index (χ1) is 7.24. The maximum absolute atomic E-state index is 12.8.